The van der Waals surface area contributed by atoms with Crippen LogP contribution in [0.4, 0.5) is 5.82 Å². The van der Waals surface area contributed by atoms with Crippen LogP contribution in [-0.2, 0) is 4.79 Å². The van der Waals surface area contributed by atoms with Crippen LogP contribution >= 0.6 is 11.6 Å². The summed E-state index contributed by atoms with van der Waals surface area (Å²) >= 11 is 5.90. The van der Waals surface area contributed by atoms with Gasteiger partial charge in [0.25, 0.3) is 5.91 Å². The molecular weight excluding hydrogens is 268 g/mol. The van der Waals surface area contributed by atoms with E-state index in [4.69, 9.17) is 20.9 Å². The van der Waals surface area contributed by atoms with Gasteiger partial charge in [0, 0.05) is 11.1 Å². The van der Waals surface area contributed by atoms with Crippen LogP contribution < -0.4 is 10.1 Å². The Balaban J connectivity index is 1.88. The van der Waals surface area contributed by atoms with Gasteiger partial charge in [-0.1, -0.05) is 16.8 Å². The molecule has 100 valence electrons. The molecule has 1 amide bonds. The Hall–Kier alpha value is -2.01. The molecule has 0 unspecified atom stereocenters. The molecule has 0 fully saturated rings. The van der Waals surface area contributed by atoms with Gasteiger partial charge in [0.05, 0.1) is 0 Å². The summed E-state index contributed by atoms with van der Waals surface area (Å²) in [5, 5.41) is 6.88. The van der Waals surface area contributed by atoms with Crippen LogP contribution in [0.25, 0.3) is 0 Å². The van der Waals surface area contributed by atoms with E-state index in [1.54, 1.807) is 31.2 Å². The maximum atomic E-state index is 11.6. The van der Waals surface area contributed by atoms with Crippen molar-refractivity contribution in [3.8, 4) is 5.75 Å². The van der Waals surface area contributed by atoms with Crippen LogP contribution in [0.1, 0.15) is 11.3 Å². The zero-order valence-electron chi connectivity index (χ0n) is 10.6. The van der Waals surface area contributed by atoms with Crippen LogP contribution in [-0.4, -0.2) is 17.7 Å². The van der Waals surface area contributed by atoms with Gasteiger partial charge < -0.3 is 14.6 Å². The second-order valence-corrected chi connectivity index (χ2v) is 4.48. The lowest BCUT2D eigenvalue weighted by molar-refractivity contribution is -0.118. The highest BCUT2D eigenvalue weighted by Crippen LogP contribution is 2.20. The van der Waals surface area contributed by atoms with Gasteiger partial charge in [-0.05, 0) is 37.6 Å². The van der Waals surface area contributed by atoms with Crippen molar-refractivity contribution in [1.29, 1.82) is 0 Å². The van der Waals surface area contributed by atoms with Crippen molar-refractivity contribution in [3.05, 3.63) is 40.6 Å². The first kappa shape index (κ1) is 13.4. The number of carbonyl (C=O) groups is 1. The van der Waals surface area contributed by atoms with E-state index < -0.39 is 0 Å². The van der Waals surface area contributed by atoms with E-state index in [0.29, 0.717) is 22.4 Å². The van der Waals surface area contributed by atoms with Crippen molar-refractivity contribution >= 4 is 23.3 Å². The fourth-order valence-corrected chi connectivity index (χ4v) is 1.58. The Kier molecular flexibility index (Phi) is 4.06. The maximum Gasteiger partial charge on any atom is 0.263 e. The molecule has 0 bridgehead atoms. The number of nitrogens with one attached hydrogen (secondary N) is 1. The molecule has 0 radical (unpaired) electrons. The maximum absolute atomic E-state index is 11.6. The quantitative estimate of drug-likeness (QED) is 0.935. The van der Waals surface area contributed by atoms with Gasteiger partial charge in [-0.25, -0.2) is 0 Å². The first-order chi connectivity index (χ1) is 9.04. The third-order valence-electron chi connectivity index (χ3n) is 2.39. The first-order valence-corrected chi connectivity index (χ1v) is 6.04. The highest BCUT2D eigenvalue weighted by molar-refractivity contribution is 6.31. The van der Waals surface area contributed by atoms with Gasteiger partial charge in [0.15, 0.2) is 12.4 Å². The minimum atomic E-state index is -0.305. The highest BCUT2D eigenvalue weighted by Gasteiger charge is 2.07. The lowest BCUT2D eigenvalue weighted by atomic mass is 10.2. The molecule has 19 heavy (non-hydrogen) atoms. The van der Waals surface area contributed by atoms with Gasteiger partial charge in [-0.15, -0.1) is 0 Å². The Bertz CT molecular complexity index is 595. The van der Waals surface area contributed by atoms with Gasteiger partial charge >= 0.3 is 0 Å². The number of benzene rings is 1. The number of hydrogen-bond acceptors (Lipinski definition) is 4. The number of ether oxygens (including phenoxy) is 1. The van der Waals surface area contributed by atoms with E-state index in [1.165, 1.54) is 0 Å². The Morgan fingerprint density at radius 3 is 2.84 bits per heavy atom. The van der Waals surface area contributed by atoms with Crippen LogP contribution in [0.5, 0.6) is 5.75 Å². The number of amides is 1. The molecular formula is C13H13ClN2O3. The second-order valence-electron chi connectivity index (χ2n) is 4.07. The largest absolute Gasteiger partial charge is 0.484 e. The summed E-state index contributed by atoms with van der Waals surface area (Å²) in [6, 6.07) is 6.84. The highest BCUT2D eigenvalue weighted by atomic mass is 35.5. The van der Waals surface area contributed by atoms with Crippen molar-refractivity contribution < 1.29 is 14.1 Å². The average molecular weight is 281 g/mol. The third-order valence-corrected chi connectivity index (χ3v) is 2.82. The Morgan fingerprint density at radius 2 is 2.21 bits per heavy atom. The van der Waals surface area contributed by atoms with E-state index in [-0.39, 0.29) is 12.5 Å². The van der Waals surface area contributed by atoms with Crippen LogP contribution in [0.15, 0.2) is 28.8 Å². The molecule has 2 rings (SSSR count). The lowest BCUT2D eigenvalue weighted by Crippen LogP contribution is -2.20. The smallest absolute Gasteiger partial charge is 0.263 e. The predicted molar refractivity (Wildman–Crippen MR) is 71.6 cm³/mol. The molecule has 0 saturated heterocycles. The van der Waals surface area contributed by atoms with Gasteiger partial charge in [-0.3, -0.25) is 4.79 Å². The molecule has 5 nitrogen and oxygen atoms in total. The fraction of sp³-hybridized carbons (Fsp3) is 0.231. The third kappa shape index (κ3) is 3.72. The van der Waals surface area contributed by atoms with Crippen molar-refractivity contribution in [2.45, 2.75) is 13.8 Å². The molecule has 1 N–H and O–H groups in total. The molecule has 0 saturated carbocycles. The second kappa shape index (κ2) is 5.75. The molecule has 0 atom stereocenters. The summed E-state index contributed by atoms with van der Waals surface area (Å²) in [7, 11) is 0. The van der Waals surface area contributed by atoms with Crippen LogP contribution in [0, 0.1) is 13.8 Å². The van der Waals surface area contributed by atoms with Crippen molar-refractivity contribution in [3.63, 3.8) is 0 Å². The summed E-state index contributed by atoms with van der Waals surface area (Å²) in [5.74, 6) is 1.29. The zero-order chi connectivity index (χ0) is 13.8. The number of aryl methyl sites for hydroxylation is 2. The predicted octanol–water partition coefficient (Wildman–Crippen LogP) is 2.96. The van der Waals surface area contributed by atoms with Gasteiger partial charge in [0.2, 0.25) is 0 Å². The zero-order valence-corrected chi connectivity index (χ0v) is 11.3. The summed E-state index contributed by atoms with van der Waals surface area (Å²) < 4.78 is 10.2. The number of rotatable bonds is 4. The molecule has 2 aromatic rings. The standard InChI is InChI=1S/C13H13ClN2O3/c1-8-5-10(3-4-11(8)14)18-7-13(17)15-12-6-9(2)19-16-12/h3-6H,7H2,1-2H3,(H,15,16,17). The lowest BCUT2D eigenvalue weighted by Gasteiger charge is -2.07. The van der Waals surface area contributed by atoms with Gasteiger partial charge in [0.1, 0.15) is 11.5 Å². The molecule has 0 aliphatic heterocycles. The molecule has 1 aromatic heterocycles. The topological polar surface area (TPSA) is 64.4 Å². The first-order valence-electron chi connectivity index (χ1n) is 5.67. The summed E-state index contributed by atoms with van der Waals surface area (Å²) in [5.41, 5.74) is 0.895. The number of hydrogen-bond donors (Lipinski definition) is 1. The minimum absolute atomic E-state index is 0.104. The van der Waals surface area contributed by atoms with Crippen molar-refractivity contribution in [1.82, 2.24) is 5.16 Å². The molecule has 0 aliphatic carbocycles. The Labute approximate surface area is 115 Å². The Morgan fingerprint density at radius 1 is 1.42 bits per heavy atom. The van der Waals surface area contributed by atoms with E-state index in [1.807, 2.05) is 6.92 Å². The molecule has 6 heteroatoms. The van der Waals surface area contributed by atoms with E-state index in [0.717, 1.165) is 5.56 Å². The van der Waals surface area contributed by atoms with E-state index in [9.17, 15) is 4.79 Å². The summed E-state index contributed by atoms with van der Waals surface area (Å²) in [6.07, 6.45) is 0. The van der Waals surface area contributed by atoms with E-state index >= 15 is 0 Å². The normalized spacial score (nSPS) is 10.3. The fourth-order valence-electron chi connectivity index (χ4n) is 1.46. The van der Waals surface area contributed by atoms with Crippen molar-refractivity contribution in [2.24, 2.45) is 0 Å². The number of aromatic nitrogens is 1. The molecule has 0 aliphatic rings. The molecule has 1 aromatic carbocycles. The summed E-state index contributed by atoms with van der Waals surface area (Å²) in [4.78, 5) is 11.6. The summed E-state index contributed by atoms with van der Waals surface area (Å²) in [6.45, 7) is 3.51. The number of anilines is 1. The van der Waals surface area contributed by atoms with Gasteiger partial charge in [-0.2, -0.15) is 0 Å². The molecule has 1 heterocycles. The number of nitrogens with zero attached hydrogens (tertiary/aromatic N) is 1. The monoisotopic (exact) mass is 280 g/mol. The van der Waals surface area contributed by atoms with Crippen LogP contribution in [0.2, 0.25) is 5.02 Å². The SMILES string of the molecule is Cc1cc(NC(=O)COc2ccc(Cl)c(C)c2)no1. The minimum Gasteiger partial charge on any atom is -0.484 e. The molecule has 0 spiro atoms. The van der Waals surface area contributed by atoms with Crippen molar-refractivity contribution in [2.75, 3.05) is 11.9 Å². The van der Waals surface area contributed by atoms with Crippen LogP contribution in [0.3, 0.4) is 0 Å². The number of halogens is 1. The van der Waals surface area contributed by atoms with E-state index in [2.05, 4.69) is 10.5 Å². The average Bonchev–Trinajstić information content (AvgIpc) is 2.76. The number of carbonyl (C=O) groups excluding carboxylic acids is 1.